The number of hydrogen-bond donors (Lipinski definition) is 0. The minimum Gasteiger partial charge on any atom is -0.198 e. The van der Waals surface area contributed by atoms with Crippen LogP contribution in [-0.4, -0.2) is 0 Å². The van der Waals surface area contributed by atoms with E-state index >= 15 is 0 Å². The van der Waals surface area contributed by atoms with E-state index in [1.165, 1.54) is 71.0 Å². The molecule has 3 aromatic rings. The molecule has 0 saturated heterocycles. The fraction of sp³-hybridized carbons (Fsp3) is 0.464. The SMILES string of the molecule is CCC(C)c1ccc2c(-c3cc4c(cc3C)C3CCC4CC3)[n+](C)c(C)cc2c1. The molecular formula is C28H34N+. The van der Waals surface area contributed by atoms with Crippen LogP contribution >= 0.6 is 0 Å². The number of benzene rings is 2. The molecular weight excluding hydrogens is 350 g/mol. The summed E-state index contributed by atoms with van der Waals surface area (Å²) in [5.74, 6) is 2.20. The van der Waals surface area contributed by atoms with Gasteiger partial charge in [-0.1, -0.05) is 32.0 Å². The van der Waals surface area contributed by atoms with Crippen molar-refractivity contribution in [2.75, 3.05) is 0 Å². The molecule has 150 valence electrons. The van der Waals surface area contributed by atoms with Crippen LogP contribution in [0.4, 0.5) is 0 Å². The topological polar surface area (TPSA) is 3.88 Å². The molecule has 1 heteroatoms. The van der Waals surface area contributed by atoms with E-state index in [2.05, 4.69) is 75.7 Å². The third-order valence-electron chi connectivity index (χ3n) is 8.03. The van der Waals surface area contributed by atoms with E-state index in [9.17, 15) is 0 Å². The van der Waals surface area contributed by atoms with Crippen LogP contribution in [0, 0.1) is 13.8 Å². The van der Waals surface area contributed by atoms with Crippen LogP contribution in [0.3, 0.4) is 0 Å². The molecule has 1 unspecified atom stereocenters. The molecule has 2 bridgehead atoms. The highest BCUT2D eigenvalue weighted by atomic mass is 14.9. The lowest BCUT2D eigenvalue weighted by molar-refractivity contribution is -0.665. The number of aromatic nitrogens is 1. The van der Waals surface area contributed by atoms with Crippen LogP contribution in [-0.2, 0) is 7.05 Å². The van der Waals surface area contributed by atoms with Crippen molar-refractivity contribution in [3.8, 4) is 11.3 Å². The summed E-state index contributed by atoms with van der Waals surface area (Å²) in [6.45, 7) is 9.18. The van der Waals surface area contributed by atoms with Gasteiger partial charge in [-0.15, -0.1) is 0 Å². The minimum absolute atomic E-state index is 0.609. The molecule has 1 heterocycles. The van der Waals surface area contributed by atoms with E-state index in [1.807, 2.05) is 0 Å². The molecule has 3 aliphatic rings. The normalized spacial score (nSPS) is 21.4. The Bertz CT molecular complexity index is 1100. The molecule has 29 heavy (non-hydrogen) atoms. The highest BCUT2D eigenvalue weighted by Crippen LogP contribution is 2.50. The molecule has 1 atom stereocenters. The summed E-state index contributed by atoms with van der Waals surface area (Å²) in [6.07, 6.45) is 6.76. The Labute approximate surface area is 175 Å². The van der Waals surface area contributed by atoms with Crippen molar-refractivity contribution < 1.29 is 4.57 Å². The second kappa shape index (κ2) is 6.97. The maximum absolute atomic E-state index is 2.57. The lowest BCUT2D eigenvalue weighted by atomic mass is 9.66. The van der Waals surface area contributed by atoms with Crippen LogP contribution in [0.5, 0.6) is 0 Å². The Balaban J connectivity index is 1.75. The van der Waals surface area contributed by atoms with Gasteiger partial charge >= 0.3 is 0 Å². The van der Waals surface area contributed by atoms with Gasteiger partial charge in [0.05, 0.1) is 10.9 Å². The van der Waals surface area contributed by atoms with E-state index in [0.717, 1.165) is 11.8 Å². The predicted octanol–water partition coefficient (Wildman–Crippen LogP) is 7.22. The summed E-state index contributed by atoms with van der Waals surface area (Å²) < 4.78 is 2.40. The first-order valence-electron chi connectivity index (χ1n) is 11.6. The first kappa shape index (κ1) is 18.9. The Morgan fingerprint density at radius 1 is 0.931 bits per heavy atom. The lowest BCUT2D eigenvalue weighted by Gasteiger charge is -2.38. The lowest BCUT2D eigenvalue weighted by Crippen LogP contribution is -2.35. The standard InChI is InChI=1S/C28H34N/c1-6-17(2)22-11-12-24-23(15-22)14-19(4)29(5)28(24)25-16-27-21-9-7-20(8-10-21)26(27)13-18(25)3/h11-17,20-21H,6-10H2,1-5H3/q+1. The summed E-state index contributed by atoms with van der Waals surface area (Å²) in [5.41, 5.74) is 10.4. The van der Waals surface area contributed by atoms with E-state index in [1.54, 1.807) is 11.1 Å². The van der Waals surface area contributed by atoms with Crippen molar-refractivity contribution >= 4 is 10.8 Å². The largest absolute Gasteiger partial charge is 0.220 e. The van der Waals surface area contributed by atoms with Crippen molar-refractivity contribution in [1.82, 2.24) is 0 Å². The van der Waals surface area contributed by atoms with E-state index < -0.39 is 0 Å². The number of rotatable bonds is 3. The summed E-state index contributed by atoms with van der Waals surface area (Å²) in [4.78, 5) is 0. The number of aryl methyl sites for hydroxylation is 2. The Morgan fingerprint density at radius 2 is 1.59 bits per heavy atom. The zero-order valence-corrected chi connectivity index (χ0v) is 18.7. The molecule has 1 aromatic heterocycles. The summed E-state index contributed by atoms with van der Waals surface area (Å²) in [7, 11) is 2.23. The zero-order chi connectivity index (χ0) is 20.3. The molecule has 1 fully saturated rings. The van der Waals surface area contributed by atoms with Crippen molar-refractivity contribution in [2.24, 2.45) is 7.05 Å². The van der Waals surface area contributed by atoms with Gasteiger partial charge in [-0.05, 0) is 96.6 Å². The Kier molecular flexibility index (Phi) is 4.53. The van der Waals surface area contributed by atoms with Crippen molar-refractivity contribution in [2.45, 2.75) is 77.6 Å². The van der Waals surface area contributed by atoms with Gasteiger partial charge in [-0.3, -0.25) is 0 Å². The third-order valence-corrected chi connectivity index (χ3v) is 8.03. The molecule has 3 aliphatic carbocycles. The fourth-order valence-electron chi connectivity index (χ4n) is 5.89. The number of fused-ring (bicyclic) bond motifs is 3. The second-order valence-electron chi connectivity index (χ2n) is 9.69. The Hall–Kier alpha value is -2.15. The van der Waals surface area contributed by atoms with Crippen LogP contribution in [0.25, 0.3) is 22.0 Å². The molecule has 0 N–H and O–H groups in total. The smallest absolute Gasteiger partial charge is 0.198 e. The first-order valence-corrected chi connectivity index (χ1v) is 11.6. The number of hydrogen-bond acceptors (Lipinski definition) is 0. The highest BCUT2D eigenvalue weighted by Gasteiger charge is 2.34. The second-order valence-corrected chi connectivity index (χ2v) is 9.69. The quantitative estimate of drug-likeness (QED) is 0.420. The van der Waals surface area contributed by atoms with Gasteiger partial charge in [0.25, 0.3) is 0 Å². The number of nitrogens with zero attached hydrogens (tertiary/aromatic N) is 1. The van der Waals surface area contributed by atoms with Crippen LogP contribution in [0.2, 0.25) is 0 Å². The molecule has 0 aliphatic heterocycles. The van der Waals surface area contributed by atoms with Gasteiger partial charge in [0.2, 0.25) is 5.69 Å². The molecule has 0 amide bonds. The molecule has 6 rings (SSSR count). The van der Waals surface area contributed by atoms with Crippen LogP contribution in [0.15, 0.2) is 36.4 Å². The van der Waals surface area contributed by atoms with Crippen molar-refractivity contribution in [3.05, 3.63) is 64.3 Å². The zero-order valence-electron chi connectivity index (χ0n) is 18.7. The molecule has 0 radical (unpaired) electrons. The van der Waals surface area contributed by atoms with Gasteiger partial charge < -0.3 is 0 Å². The molecule has 1 saturated carbocycles. The van der Waals surface area contributed by atoms with Gasteiger partial charge in [-0.25, -0.2) is 0 Å². The summed E-state index contributed by atoms with van der Waals surface area (Å²) in [6, 6.07) is 14.6. The minimum atomic E-state index is 0.609. The monoisotopic (exact) mass is 384 g/mol. The third kappa shape index (κ3) is 2.93. The van der Waals surface area contributed by atoms with E-state index in [0.29, 0.717) is 5.92 Å². The van der Waals surface area contributed by atoms with E-state index in [4.69, 9.17) is 0 Å². The molecule has 1 nitrogen and oxygen atoms in total. The molecule has 0 spiro atoms. The fourth-order valence-corrected chi connectivity index (χ4v) is 5.89. The van der Waals surface area contributed by atoms with E-state index in [-0.39, 0.29) is 0 Å². The van der Waals surface area contributed by atoms with Gasteiger partial charge in [-0.2, -0.15) is 4.57 Å². The first-order chi connectivity index (χ1) is 14.0. The summed E-state index contributed by atoms with van der Waals surface area (Å²) in [5, 5.41) is 2.77. The van der Waals surface area contributed by atoms with Crippen LogP contribution < -0.4 is 4.57 Å². The highest BCUT2D eigenvalue weighted by molar-refractivity contribution is 5.94. The maximum atomic E-state index is 2.57. The summed E-state index contributed by atoms with van der Waals surface area (Å²) >= 11 is 0. The Morgan fingerprint density at radius 3 is 2.24 bits per heavy atom. The molecule has 2 aromatic carbocycles. The maximum Gasteiger partial charge on any atom is 0.220 e. The number of pyridine rings is 1. The van der Waals surface area contributed by atoms with Gasteiger partial charge in [0.1, 0.15) is 7.05 Å². The van der Waals surface area contributed by atoms with Crippen molar-refractivity contribution in [1.29, 1.82) is 0 Å². The van der Waals surface area contributed by atoms with Gasteiger partial charge in [0.15, 0.2) is 5.69 Å². The average molecular weight is 385 g/mol. The van der Waals surface area contributed by atoms with Gasteiger partial charge in [0, 0.05) is 13.0 Å². The average Bonchev–Trinajstić information content (AvgIpc) is 2.74. The van der Waals surface area contributed by atoms with Crippen molar-refractivity contribution in [3.63, 3.8) is 0 Å². The van der Waals surface area contributed by atoms with Crippen LogP contribution in [0.1, 0.15) is 91.7 Å². The predicted molar refractivity (Wildman–Crippen MR) is 123 cm³/mol.